The smallest absolute Gasteiger partial charge is 0.311 e. The van der Waals surface area contributed by atoms with Gasteiger partial charge in [-0.25, -0.2) is 8.42 Å². The van der Waals surface area contributed by atoms with Crippen molar-refractivity contribution in [3.05, 3.63) is 89.7 Å². The topological polar surface area (TPSA) is 127 Å². The van der Waals surface area contributed by atoms with E-state index in [2.05, 4.69) is 37.2 Å². The molecule has 3 aromatic carbocycles. The van der Waals surface area contributed by atoms with E-state index in [1.54, 1.807) is 18.2 Å². The van der Waals surface area contributed by atoms with Crippen LogP contribution in [0.3, 0.4) is 0 Å². The summed E-state index contributed by atoms with van der Waals surface area (Å²) in [5.74, 6) is -1.14. The zero-order valence-electron chi connectivity index (χ0n) is 17.0. The minimum atomic E-state index is -3.71. The number of hydrogen-bond acceptors (Lipinski definition) is 7. The second kappa shape index (κ2) is 9.53. The number of nitrogens with one attached hydrogen (secondary N) is 1. The molecule has 0 saturated carbocycles. The van der Waals surface area contributed by atoms with Crippen LogP contribution in [0.1, 0.15) is 11.1 Å². The van der Waals surface area contributed by atoms with Crippen LogP contribution >= 0.6 is 43.6 Å². The molecule has 8 nitrogen and oxygen atoms in total. The number of nitro groups is 1. The summed E-state index contributed by atoms with van der Waals surface area (Å²) in [6, 6.07) is 13.6. The molecule has 3 aromatic rings. The number of phenolic OH excluding ortho intramolecular Hbond substituents is 1. The summed E-state index contributed by atoms with van der Waals surface area (Å²) in [6.07, 6.45) is 1.44. The number of benzene rings is 3. The van der Waals surface area contributed by atoms with Gasteiger partial charge in [0.25, 0.3) is 5.91 Å². The SMILES string of the molecule is O=C1Nc2ccc(S(=O)(=O)Cc3c(Br)cccc3Br)cc2S/C1=C\c1ccc(O)c([N+](=O)[O-])c1. The van der Waals surface area contributed by atoms with E-state index in [0.29, 0.717) is 30.7 Å². The summed E-state index contributed by atoms with van der Waals surface area (Å²) in [5, 5.41) is 23.4. The normalized spacial score (nSPS) is 14.5. The summed E-state index contributed by atoms with van der Waals surface area (Å²) < 4.78 is 27.6. The van der Waals surface area contributed by atoms with Crippen molar-refractivity contribution in [1.82, 2.24) is 0 Å². The van der Waals surface area contributed by atoms with Crippen molar-refractivity contribution in [3.8, 4) is 5.75 Å². The molecule has 0 aromatic heterocycles. The van der Waals surface area contributed by atoms with Crippen LogP contribution in [0.4, 0.5) is 11.4 Å². The van der Waals surface area contributed by atoms with E-state index < -0.39 is 32.1 Å². The lowest BCUT2D eigenvalue weighted by Gasteiger charge is -2.19. The number of aromatic hydroxyl groups is 1. The molecular formula is C22H14Br2N2O6S2. The molecule has 1 heterocycles. The van der Waals surface area contributed by atoms with Gasteiger partial charge in [0, 0.05) is 19.9 Å². The number of rotatable bonds is 5. The number of carbonyl (C=O) groups is 1. The monoisotopic (exact) mass is 624 g/mol. The van der Waals surface area contributed by atoms with Crippen LogP contribution in [-0.4, -0.2) is 24.4 Å². The second-order valence-electron chi connectivity index (χ2n) is 7.19. The molecule has 12 heteroatoms. The highest BCUT2D eigenvalue weighted by Crippen LogP contribution is 2.41. The zero-order chi connectivity index (χ0) is 24.6. The van der Waals surface area contributed by atoms with E-state index in [9.17, 15) is 28.4 Å². The molecule has 0 spiro atoms. The van der Waals surface area contributed by atoms with Crippen LogP contribution in [-0.2, 0) is 20.4 Å². The van der Waals surface area contributed by atoms with Crippen LogP contribution in [0.2, 0.25) is 0 Å². The number of amides is 1. The van der Waals surface area contributed by atoms with E-state index in [0.717, 1.165) is 17.8 Å². The van der Waals surface area contributed by atoms with Gasteiger partial charge in [-0.15, -0.1) is 0 Å². The minimum Gasteiger partial charge on any atom is -0.502 e. The summed E-state index contributed by atoms with van der Waals surface area (Å²) in [6.45, 7) is 0. The first-order valence-corrected chi connectivity index (χ1v) is 13.6. The standard InChI is InChI=1S/C22H14Br2N2O6S2/c23-15-2-1-3-16(24)14(15)11-34(31,32)13-5-6-17-20(10-13)33-21(22(28)25-17)9-12-4-7-19(27)18(8-12)26(29)30/h1-10,27H,11H2,(H,25,28)/b21-9-. The number of thioether (sulfide) groups is 1. The third kappa shape index (κ3) is 5.04. The Morgan fingerprint density at radius 1 is 1.09 bits per heavy atom. The number of phenols is 1. The molecule has 1 amide bonds. The molecule has 174 valence electrons. The van der Waals surface area contributed by atoms with E-state index in [1.807, 2.05) is 0 Å². The maximum Gasteiger partial charge on any atom is 0.311 e. The highest BCUT2D eigenvalue weighted by molar-refractivity contribution is 9.11. The molecule has 0 bridgehead atoms. The van der Waals surface area contributed by atoms with E-state index in [4.69, 9.17) is 0 Å². The largest absolute Gasteiger partial charge is 0.502 e. The lowest BCUT2D eigenvalue weighted by Crippen LogP contribution is -2.17. The van der Waals surface area contributed by atoms with Gasteiger partial charge in [0.15, 0.2) is 15.6 Å². The van der Waals surface area contributed by atoms with Crippen molar-refractivity contribution < 1.29 is 23.2 Å². The first-order chi connectivity index (χ1) is 16.0. The molecule has 34 heavy (non-hydrogen) atoms. The van der Waals surface area contributed by atoms with Gasteiger partial charge in [0.05, 0.1) is 26.2 Å². The highest BCUT2D eigenvalue weighted by atomic mass is 79.9. The first-order valence-electron chi connectivity index (χ1n) is 9.53. The molecule has 2 N–H and O–H groups in total. The van der Waals surface area contributed by atoms with Gasteiger partial charge in [-0.1, -0.05) is 55.8 Å². The molecule has 0 fully saturated rings. The number of fused-ring (bicyclic) bond motifs is 1. The van der Waals surface area contributed by atoms with Crippen molar-refractivity contribution in [1.29, 1.82) is 0 Å². The Bertz CT molecular complexity index is 1470. The van der Waals surface area contributed by atoms with Crippen LogP contribution in [0.25, 0.3) is 6.08 Å². The Balaban J connectivity index is 1.67. The van der Waals surface area contributed by atoms with Gasteiger partial charge in [-0.05, 0) is 53.6 Å². The molecule has 4 rings (SSSR count). The molecule has 0 radical (unpaired) electrons. The average Bonchev–Trinajstić information content (AvgIpc) is 2.77. The summed E-state index contributed by atoms with van der Waals surface area (Å²) in [4.78, 5) is 23.7. The number of carbonyl (C=O) groups excluding carboxylic acids is 1. The molecule has 0 unspecified atom stereocenters. The number of halogens is 2. The highest BCUT2D eigenvalue weighted by Gasteiger charge is 2.25. The summed E-state index contributed by atoms with van der Waals surface area (Å²) in [7, 11) is -3.71. The number of hydrogen-bond donors (Lipinski definition) is 2. The molecular weight excluding hydrogens is 612 g/mol. The summed E-state index contributed by atoms with van der Waals surface area (Å²) >= 11 is 7.83. The fourth-order valence-corrected chi connectivity index (χ4v) is 7.34. The van der Waals surface area contributed by atoms with Gasteiger partial charge < -0.3 is 10.4 Å². The number of sulfone groups is 1. The van der Waals surface area contributed by atoms with E-state index in [-0.39, 0.29) is 15.6 Å². The molecule has 1 aliphatic rings. The van der Waals surface area contributed by atoms with Gasteiger partial charge in [-0.3, -0.25) is 14.9 Å². The first kappa shape index (κ1) is 24.5. The third-order valence-corrected chi connectivity index (χ3v) is 9.10. The van der Waals surface area contributed by atoms with E-state index in [1.165, 1.54) is 36.4 Å². The van der Waals surface area contributed by atoms with Crippen molar-refractivity contribution in [2.24, 2.45) is 0 Å². The fourth-order valence-electron chi connectivity index (χ4n) is 3.20. The quantitative estimate of drug-likeness (QED) is 0.206. The van der Waals surface area contributed by atoms with Crippen molar-refractivity contribution in [2.45, 2.75) is 15.5 Å². The van der Waals surface area contributed by atoms with Gasteiger partial charge >= 0.3 is 5.69 Å². The fraction of sp³-hybridized carbons (Fsp3) is 0.0455. The Hall–Kier alpha value is -2.67. The van der Waals surface area contributed by atoms with Gasteiger partial charge in [0.1, 0.15) is 0 Å². The van der Waals surface area contributed by atoms with Crippen LogP contribution in [0.15, 0.2) is 78.2 Å². The predicted octanol–water partition coefficient (Wildman–Crippen LogP) is 5.88. The maximum absolute atomic E-state index is 13.1. The molecule has 0 aliphatic carbocycles. The lowest BCUT2D eigenvalue weighted by atomic mass is 10.1. The lowest BCUT2D eigenvalue weighted by molar-refractivity contribution is -0.385. The van der Waals surface area contributed by atoms with Gasteiger partial charge in [0.2, 0.25) is 0 Å². The molecule has 0 saturated heterocycles. The predicted molar refractivity (Wildman–Crippen MR) is 136 cm³/mol. The Morgan fingerprint density at radius 3 is 2.47 bits per heavy atom. The zero-order valence-corrected chi connectivity index (χ0v) is 21.8. The number of anilines is 1. The van der Waals surface area contributed by atoms with Crippen LogP contribution < -0.4 is 5.32 Å². The summed E-state index contributed by atoms with van der Waals surface area (Å²) in [5.41, 5.74) is 0.913. The van der Waals surface area contributed by atoms with Crippen molar-refractivity contribution in [2.75, 3.05) is 5.32 Å². The van der Waals surface area contributed by atoms with E-state index >= 15 is 0 Å². The third-order valence-electron chi connectivity index (χ3n) is 4.89. The minimum absolute atomic E-state index is 0.0946. The molecule has 0 atom stereocenters. The molecule has 1 aliphatic heterocycles. The maximum atomic E-state index is 13.1. The number of nitrogens with zero attached hydrogens (tertiary/aromatic N) is 1. The average molecular weight is 626 g/mol. The van der Waals surface area contributed by atoms with Crippen molar-refractivity contribution >= 4 is 76.8 Å². The van der Waals surface area contributed by atoms with Gasteiger partial charge in [-0.2, -0.15) is 0 Å². The Labute approximate surface area is 215 Å². The second-order valence-corrected chi connectivity index (χ2v) is 12.0. The van der Waals surface area contributed by atoms with Crippen molar-refractivity contribution in [3.63, 3.8) is 0 Å². The Kier molecular flexibility index (Phi) is 6.85. The number of nitro benzene ring substituents is 1. The Morgan fingerprint density at radius 2 is 1.79 bits per heavy atom. The van der Waals surface area contributed by atoms with Crippen LogP contribution in [0, 0.1) is 10.1 Å². The van der Waals surface area contributed by atoms with Crippen LogP contribution in [0.5, 0.6) is 5.75 Å².